The van der Waals surface area contributed by atoms with E-state index in [4.69, 9.17) is 0 Å². The summed E-state index contributed by atoms with van der Waals surface area (Å²) in [7, 11) is 0. The Hall–Kier alpha value is -1.22. The van der Waals surface area contributed by atoms with Crippen molar-refractivity contribution in [1.29, 1.82) is 0 Å². The number of fused-ring (bicyclic) bond motifs is 1. The van der Waals surface area contributed by atoms with Crippen LogP contribution in [0.25, 0.3) is 10.1 Å². The molecular weight excluding hydrogens is 175 g/mol. The van der Waals surface area contributed by atoms with Gasteiger partial charge in [-0.05, 0) is 23.6 Å². The molecule has 60 valence electrons. The summed E-state index contributed by atoms with van der Waals surface area (Å²) in [6.07, 6.45) is 0.780. The third-order valence-corrected chi connectivity index (χ3v) is 2.64. The highest BCUT2D eigenvalue weighted by molar-refractivity contribution is 7.20. The molecule has 0 saturated heterocycles. The Kier molecular flexibility index (Phi) is 1.66. The third-order valence-electron chi connectivity index (χ3n) is 1.62. The molecule has 3 heteroatoms. The van der Waals surface area contributed by atoms with E-state index in [-0.39, 0.29) is 5.82 Å². The Morgan fingerprint density at radius 2 is 2.17 bits per heavy atom. The first-order valence-corrected chi connectivity index (χ1v) is 4.25. The van der Waals surface area contributed by atoms with Gasteiger partial charge in [-0.2, -0.15) is 0 Å². The molecule has 0 N–H and O–H groups in total. The molecule has 0 aliphatic carbocycles. The van der Waals surface area contributed by atoms with E-state index in [0.29, 0.717) is 4.88 Å². The number of benzene rings is 1. The van der Waals surface area contributed by atoms with Gasteiger partial charge in [-0.3, -0.25) is 4.79 Å². The Morgan fingerprint density at radius 3 is 2.92 bits per heavy atom. The van der Waals surface area contributed by atoms with Crippen molar-refractivity contribution >= 4 is 27.7 Å². The van der Waals surface area contributed by atoms with Crippen LogP contribution in [0.2, 0.25) is 0 Å². The van der Waals surface area contributed by atoms with Crippen LogP contribution in [0.15, 0.2) is 24.3 Å². The van der Waals surface area contributed by atoms with E-state index in [1.807, 2.05) is 0 Å². The maximum absolute atomic E-state index is 12.7. The fourth-order valence-electron chi connectivity index (χ4n) is 1.08. The van der Waals surface area contributed by atoms with Gasteiger partial charge in [0.25, 0.3) is 0 Å². The lowest BCUT2D eigenvalue weighted by Gasteiger charge is -1.86. The molecule has 1 aromatic carbocycles. The average Bonchev–Trinajstić information content (AvgIpc) is 2.46. The molecule has 2 rings (SSSR count). The van der Waals surface area contributed by atoms with Crippen LogP contribution in [-0.4, -0.2) is 6.29 Å². The largest absolute Gasteiger partial charge is 0.297 e. The van der Waals surface area contributed by atoms with E-state index in [9.17, 15) is 9.18 Å². The van der Waals surface area contributed by atoms with Crippen LogP contribution >= 0.6 is 11.3 Å². The van der Waals surface area contributed by atoms with Gasteiger partial charge in [-0.15, -0.1) is 11.3 Å². The summed E-state index contributed by atoms with van der Waals surface area (Å²) in [5.41, 5.74) is 0. The van der Waals surface area contributed by atoms with Crippen LogP contribution in [0.3, 0.4) is 0 Å². The molecule has 0 radical (unpaired) electrons. The van der Waals surface area contributed by atoms with Crippen LogP contribution < -0.4 is 0 Å². The molecule has 1 aromatic heterocycles. The third kappa shape index (κ3) is 1.12. The summed E-state index contributed by atoms with van der Waals surface area (Å²) in [5, 5.41) is 0.920. The average molecular weight is 180 g/mol. The lowest BCUT2D eigenvalue weighted by molar-refractivity contribution is 0.112. The molecule has 0 unspecified atom stereocenters. The van der Waals surface area contributed by atoms with E-state index >= 15 is 0 Å². The van der Waals surface area contributed by atoms with E-state index in [2.05, 4.69) is 0 Å². The van der Waals surface area contributed by atoms with Crippen molar-refractivity contribution in [2.45, 2.75) is 0 Å². The van der Waals surface area contributed by atoms with Crippen LogP contribution in [0.5, 0.6) is 0 Å². The lowest BCUT2D eigenvalue weighted by Crippen LogP contribution is -1.68. The highest BCUT2D eigenvalue weighted by Crippen LogP contribution is 2.24. The second-order valence-electron chi connectivity index (χ2n) is 2.45. The minimum Gasteiger partial charge on any atom is -0.297 e. The summed E-state index contributed by atoms with van der Waals surface area (Å²) >= 11 is 1.30. The van der Waals surface area contributed by atoms with Crippen molar-refractivity contribution in [1.82, 2.24) is 0 Å². The molecule has 0 fully saturated rings. The predicted molar refractivity (Wildman–Crippen MR) is 47.2 cm³/mol. The predicted octanol–water partition coefficient (Wildman–Crippen LogP) is 2.85. The van der Waals surface area contributed by atoms with Crippen LogP contribution in [0.1, 0.15) is 9.67 Å². The fraction of sp³-hybridized carbons (Fsp3) is 0. The van der Waals surface area contributed by atoms with Crippen molar-refractivity contribution in [2.24, 2.45) is 0 Å². The highest BCUT2D eigenvalue weighted by Gasteiger charge is 2.00. The molecular formula is C9H5FOS. The Morgan fingerprint density at radius 1 is 1.33 bits per heavy atom. The maximum Gasteiger partial charge on any atom is 0.160 e. The second kappa shape index (κ2) is 2.68. The van der Waals surface area contributed by atoms with Gasteiger partial charge in [0.2, 0.25) is 0 Å². The van der Waals surface area contributed by atoms with Gasteiger partial charge in [-0.25, -0.2) is 4.39 Å². The van der Waals surface area contributed by atoms with Gasteiger partial charge < -0.3 is 0 Å². The van der Waals surface area contributed by atoms with Gasteiger partial charge in [-0.1, -0.05) is 6.07 Å². The SMILES string of the molecule is O=Cc1cc2ccc(F)cc2s1. The number of thiophene rings is 1. The molecule has 0 atom stereocenters. The van der Waals surface area contributed by atoms with E-state index in [1.165, 1.54) is 23.5 Å². The number of carbonyl (C=O) groups is 1. The zero-order valence-corrected chi connectivity index (χ0v) is 6.90. The second-order valence-corrected chi connectivity index (χ2v) is 3.56. The number of aldehydes is 1. The molecule has 2 aromatic rings. The maximum atomic E-state index is 12.7. The molecule has 0 aliphatic rings. The lowest BCUT2D eigenvalue weighted by atomic mass is 10.2. The Bertz CT molecular complexity index is 433. The highest BCUT2D eigenvalue weighted by atomic mass is 32.1. The molecule has 0 aliphatic heterocycles. The standard InChI is InChI=1S/C9H5FOS/c10-7-2-1-6-3-8(5-11)12-9(6)4-7/h1-5H. The van der Waals surface area contributed by atoms with Gasteiger partial charge in [0, 0.05) is 4.70 Å². The van der Waals surface area contributed by atoms with Crippen LogP contribution in [-0.2, 0) is 0 Å². The molecule has 1 heterocycles. The normalized spacial score (nSPS) is 10.4. The summed E-state index contributed by atoms with van der Waals surface area (Å²) in [5.74, 6) is -0.262. The van der Waals surface area contributed by atoms with Crippen molar-refractivity contribution < 1.29 is 9.18 Å². The van der Waals surface area contributed by atoms with Crippen LogP contribution in [0, 0.1) is 5.82 Å². The number of carbonyl (C=O) groups excluding carboxylic acids is 1. The molecule has 0 saturated carbocycles. The number of rotatable bonds is 1. The van der Waals surface area contributed by atoms with E-state index in [1.54, 1.807) is 12.1 Å². The van der Waals surface area contributed by atoms with Crippen molar-refractivity contribution in [3.05, 3.63) is 35.0 Å². The minimum absolute atomic E-state index is 0.262. The van der Waals surface area contributed by atoms with Gasteiger partial charge >= 0.3 is 0 Å². The van der Waals surface area contributed by atoms with Crippen LogP contribution in [0.4, 0.5) is 4.39 Å². The zero-order valence-electron chi connectivity index (χ0n) is 6.08. The van der Waals surface area contributed by atoms with Crippen molar-refractivity contribution in [3.63, 3.8) is 0 Å². The molecule has 12 heavy (non-hydrogen) atoms. The summed E-state index contributed by atoms with van der Waals surface area (Å²) < 4.78 is 13.5. The number of halogens is 1. The number of hydrogen-bond acceptors (Lipinski definition) is 2. The molecule has 0 amide bonds. The topological polar surface area (TPSA) is 17.1 Å². The Labute approximate surface area is 72.4 Å². The monoisotopic (exact) mass is 180 g/mol. The molecule has 0 bridgehead atoms. The quantitative estimate of drug-likeness (QED) is 0.617. The van der Waals surface area contributed by atoms with E-state index < -0.39 is 0 Å². The van der Waals surface area contributed by atoms with Crippen molar-refractivity contribution in [2.75, 3.05) is 0 Å². The van der Waals surface area contributed by atoms with Crippen molar-refractivity contribution in [3.8, 4) is 0 Å². The minimum atomic E-state index is -0.262. The first kappa shape index (κ1) is 7.43. The fourth-order valence-corrected chi connectivity index (χ4v) is 1.99. The first-order chi connectivity index (χ1) is 5.79. The van der Waals surface area contributed by atoms with Gasteiger partial charge in [0.15, 0.2) is 6.29 Å². The molecule has 0 spiro atoms. The smallest absolute Gasteiger partial charge is 0.160 e. The summed E-state index contributed by atoms with van der Waals surface area (Å²) in [6, 6.07) is 6.26. The van der Waals surface area contributed by atoms with Gasteiger partial charge in [0.1, 0.15) is 5.82 Å². The van der Waals surface area contributed by atoms with E-state index in [0.717, 1.165) is 16.4 Å². The summed E-state index contributed by atoms with van der Waals surface area (Å²) in [4.78, 5) is 11.0. The zero-order chi connectivity index (χ0) is 8.55. The first-order valence-electron chi connectivity index (χ1n) is 3.44. The summed E-state index contributed by atoms with van der Waals surface area (Å²) in [6.45, 7) is 0. The molecule has 1 nitrogen and oxygen atoms in total. The Balaban J connectivity index is 2.75. The van der Waals surface area contributed by atoms with Gasteiger partial charge in [0.05, 0.1) is 4.88 Å². The number of hydrogen-bond donors (Lipinski definition) is 0.